The summed E-state index contributed by atoms with van der Waals surface area (Å²) in [6.45, 7) is 1.86. The number of halogens is 1. The van der Waals surface area contributed by atoms with Gasteiger partial charge < -0.3 is 14.9 Å². The van der Waals surface area contributed by atoms with Crippen LogP contribution in [0.1, 0.15) is 37.0 Å². The molecule has 2 aromatic rings. The van der Waals surface area contributed by atoms with Crippen molar-refractivity contribution in [2.75, 3.05) is 5.32 Å². The number of phenols is 1. The van der Waals surface area contributed by atoms with Gasteiger partial charge in [0.15, 0.2) is 0 Å². The summed E-state index contributed by atoms with van der Waals surface area (Å²) in [4.78, 5) is 23.1. The van der Waals surface area contributed by atoms with Gasteiger partial charge in [0.1, 0.15) is 11.9 Å². The smallest absolute Gasteiger partial charge is 0.412 e. The zero-order chi connectivity index (χ0) is 22.1. The number of carboxylic acid groups (broad SMARTS) is 1. The topological polar surface area (TPSA) is 120 Å². The van der Waals surface area contributed by atoms with E-state index in [9.17, 15) is 14.7 Å². The highest BCUT2D eigenvalue weighted by Crippen LogP contribution is 2.36. The number of nitrogens with one attached hydrogen (secondary N) is 1. The fourth-order valence-electron chi connectivity index (χ4n) is 2.82. The molecule has 1 amide bonds. The van der Waals surface area contributed by atoms with Gasteiger partial charge in [-0.05, 0) is 61.2 Å². The van der Waals surface area contributed by atoms with Gasteiger partial charge in [0, 0.05) is 21.8 Å². The molecule has 0 bridgehead atoms. The summed E-state index contributed by atoms with van der Waals surface area (Å²) in [7, 11) is 0. The van der Waals surface area contributed by atoms with Crippen molar-refractivity contribution in [2.45, 2.75) is 25.9 Å². The van der Waals surface area contributed by atoms with Crippen LogP contribution in [0.15, 0.2) is 59.1 Å². The number of carbonyl (C=O) groups excluding carboxylic acids is 1. The van der Waals surface area contributed by atoms with E-state index in [4.69, 9.17) is 15.1 Å². The van der Waals surface area contributed by atoms with E-state index in [0.717, 1.165) is 10.5 Å². The van der Waals surface area contributed by atoms with Crippen molar-refractivity contribution in [1.82, 2.24) is 0 Å². The average Bonchev–Trinajstić information content (AvgIpc) is 2.71. The Kier molecular flexibility index (Phi) is 8.44. The van der Waals surface area contributed by atoms with E-state index in [2.05, 4.69) is 21.2 Å². The van der Waals surface area contributed by atoms with E-state index in [0.29, 0.717) is 29.7 Å². The minimum Gasteiger partial charge on any atom is -0.508 e. The third-order valence-electron chi connectivity index (χ3n) is 4.36. The first-order valence-corrected chi connectivity index (χ1v) is 9.95. The Morgan fingerprint density at radius 3 is 2.60 bits per heavy atom. The lowest BCUT2D eigenvalue weighted by atomic mass is 9.92. The molecule has 0 radical (unpaired) electrons. The molecule has 0 spiro atoms. The Hall–Kier alpha value is -3.31. The number of rotatable bonds is 8. The van der Waals surface area contributed by atoms with Crippen molar-refractivity contribution in [1.29, 1.82) is 5.26 Å². The van der Waals surface area contributed by atoms with Crippen molar-refractivity contribution in [3.05, 3.63) is 70.2 Å². The zero-order valence-corrected chi connectivity index (χ0v) is 17.8. The van der Waals surface area contributed by atoms with Crippen LogP contribution in [0.25, 0.3) is 0 Å². The average molecular weight is 473 g/mol. The molecule has 0 fully saturated rings. The second kappa shape index (κ2) is 11.0. The molecule has 0 aliphatic carbocycles. The van der Waals surface area contributed by atoms with Crippen molar-refractivity contribution in [3.8, 4) is 11.8 Å². The molecule has 156 valence electrons. The fraction of sp³-hybridized carbons (Fsp3) is 0.227. The predicted octanol–water partition coefficient (Wildman–Crippen LogP) is 5.37. The van der Waals surface area contributed by atoms with E-state index in [1.165, 1.54) is 12.1 Å². The highest BCUT2D eigenvalue weighted by Gasteiger charge is 2.26. The van der Waals surface area contributed by atoms with Gasteiger partial charge in [-0.15, -0.1) is 0 Å². The monoisotopic (exact) mass is 472 g/mol. The Morgan fingerprint density at radius 1 is 1.27 bits per heavy atom. The number of aromatic hydroxyl groups is 1. The predicted molar refractivity (Wildman–Crippen MR) is 115 cm³/mol. The first kappa shape index (κ1) is 23.0. The first-order valence-electron chi connectivity index (χ1n) is 9.16. The molecular formula is C22H21BrN2O5. The third kappa shape index (κ3) is 6.94. The molecule has 0 aliphatic heterocycles. The lowest BCUT2D eigenvalue weighted by Crippen LogP contribution is -2.22. The SMILES string of the molecule is C[C@@H](CC/C=C/C(=O)O)[C@@H](OC(=O)Nc1ccc(C#N)cc1)c1cc(Br)ccc1O. The lowest BCUT2D eigenvalue weighted by Gasteiger charge is -2.25. The van der Waals surface area contributed by atoms with Crippen LogP contribution in [0.2, 0.25) is 0 Å². The number of carbonyl (C=O) groups is 2. The van der Waals surface area contributed by atoms with E-state index >= 15 is 0 Å². The van der Waals surface area contributed by atoms with Crippen LogP contribution >= 0.6 is 15.9 Å². The first-order chi connectivity index (χ1) is 14.3. The Balaban J connectivity index is 2.17. The number of carboxylic acids is 1. The number of amides is 1. The number of allylic oxidation sites excluding steroid dienone is 1. The van der Waals surface area contributed by atoms with Gasteiger partial charge in [-0.1, -0.05) is 28.9 Å². The number of benzene rings is 2. The van der Waals surface area contributed by atoms with Gasteiger partial charge in [-0.3, -0.25) is 5.32 Å². The molecule has 0 aliphatic rings. The van der Waals surface area contributed by atoms with Gasteiger partial charge >= 0.3 is 12.1 Å². The standard InChI is InChI=1S/C22H21BrN2O5/c1-14(4-2-3-5-20(27)28)21(18-12-16(23)8-11-19(18)26)30-22(29)25-17-9-6-15(13-24)7-10-17/h3,5-12,14,21,26H,2,4H2,1H3,(H,25,29)(H,27,28)/b5-3+/t14-,21+/m0/s1. The van der Waals surface area contributed by atoms with E-state index < -0.39 is 18.2 Å². The summed E-state index contributed by atoms with van der Waals surface area (Å²) in [5, 5.41) is 30.5. The molecule has 0 saturated carbocycles. The van der Waals surface area contributed by atoms with Crippen LogP contribution in [-0.2, 0) is 9.53 Å². The zero-order valence-electron chi connectivity index (χ0n) is 16.2. The number of anilines is 1. The van der Waals surface area contributed by atoms with E-state index in [1.807, 2.05) is 13.0 Å². The van der Waals surface area contributed by atoms with Crippen LogP contribution in [-0.4, -0.2) is 22.3 Å². The maximum Gasteiger partial charge on any atom is 0.412 e. The Bertz CT molecular complexity index is 966. The van der Waals surface area contributed by atoms with Gasteiger partial charge in [0.2, 0.25) is 0 Å². The quantitative estimate of drug-likeness (QED) is 0.444. The minimum absolute atomic E-state index is 0.0118. The Morgan fingerprint density at radius 2 is 1.97 bits per heavy atom. The third-order valence-corrected chi connectivity index (χ3v) is 4.85. The summed E-state index contributed by atoms with van der Waals surface area (Å²) in [5.74, 6) is -1.25. The molecule has 7 nitrogen and oxygen atoms in total. The number of hydrogen-bond donors (Lipinski definition) is 3. The van der Waals surface area contributed by atoms with Gasteiger partial charge in [-0.2, -0.15) is 5.26 Å². The van der Waals surface area contributed by atoms with Crippen molar-refractivity contribution in [2.24, 2.45) is 5.92 Å². The number of aliphatic carboxylic acids is 1. The second-order valence-electron chi connectivity index (χ2n) is 6.64. The molecule has 3 N–H and O–H groups in total. The second-order valence-corrected chi connectivity index (χ2v) is 7.55. The normalized spacial score (nSPS) is 12.7. The molecular weight excluding hydrogens is 452 g/mol. The molecule has 8 heteroatoms. The van der Waals surface area contributed by atoms with Gasteiger partial charge in [0.25, 0.3) is 0 Å². The molecule has 0 saturated heterocycles. The lowest BCUT2D eigenvalue weighted by molar-refractivity contribution is -0.131. The molecule has 30 heavy (non-hydrogen) atoms. The fourth-order valence-corrected chi connectivity index (χ4v) is 3.20. The summed E-state index contributed by atoms with van der Waals surface area (Å²) < 4.78 is 6.35. The molecule has 2 rings (SSSR count). The number of phenolic OH excluding ortho intramolecular Hbond substituents is 1. The van der Waals surface area contributed by atoms with Crippen molar-refractivity contribution in [3.63, 3.8) is 0 Å². The highest BCUT2D eigenvalue weighted by atomic mass is 79.9. The maximum absolute atomic E-state index is 12.5. The molecule has 0 heterocycles. The van der Waals surface area contributed by atoms with Gasteiger partial charge in [0.05, 0.1) is 11.6 Å². The molecule has 2 atom stereocenters. The van der Waals surface area contributed by atoms with Crippen LogP contribution in [0, 0.1) is 17.2 Å². The number of nitriles is 1. The van der Waals surface area contributed by atoms with E-state index in [-0.39, 0.29) is 11.7 Å². The number of nitrogens with zero attached hydrogens (tertiary/aromatic N) is 1. The summed E-state index contributed by atoms with van der Waals surface area (Å²) in [6, 6.07) is 13.2. The largest absolute Gasteiger partial charge is 0.508 e. The summed E-state index contributed by atoms with van der Waals surface area (Å²) in [6.07, 6.45) is 2.13. The minimum atomic E-state index is -1.03. The van der Waals surface area contributed by atoms with Crippen molar-refractivity contribution >= 4 is 33.7 Å². The highest BCUT2D eigenvalue weighted by molar-refractivity contribution is 9.10. The van der Waals surface area contributed by atoms with Gasteiger partial charge in [-0.25, -0.2) is 9.59 Å². The number of ether oxygens (including phenoxy) is 1. The van der Waals surface area contributed by atoms with Crippen LogP contribution < -0.4 is 5.32 Å². The molecule has 0 unspecified atom stereocenters. The van der Waals surface area contributed by atoms with Crippen LogP contribution in [0.5, 0.6) is 5.75 Å². The van der Waals surface area contributed by atoms with E-state index in [1.54, 1.807) is 36.4 Å². The Labute approximate surface area is 182 Å². The van der Waals surface area contributed by atoms with Crippen LogP contribution in [0.3, 0.4) is 0 Å². The summed E-state index contributed by atoms with van der Waals surface area (Å²) in [5.41, 5.74) is 1.37. The van der Waals surface area contributed by atoms with Crippen LogP contribution in [0.4, 0.5) is 10.5 Å². The van der Waals surface area contributed by atoms with Crippen molar-refractivity contribution < 1.29 is 24.5 Å². The number of hydrogen-bond acceptors (Lipinski definition) is 5. The molecule has 2 aromatic carbocycles. The maximum atomic E-state index is 12.5. The molecule has 0 aromatic heterocycles. The summed E-state index contributed by atoms with van der Waals surface area (Å²) >= 11 is 3.36.